The number of nitrogens with two attached hydrogens (primary N) is 1. The molecule has 2 rings (SSSR count). The van der Waals surface area contributed by atoms with Crippen LogP contribution >= 0.6 is 0 Å². The van der Waals surface area contributed by atoms with E-state index in [2.05, 4.69) is 31.3 Å². The van der Waals surface area contributed by atoms with Gasteiger partial charge >= 0.3 is 0 Å². The second kappa shape index (κ2) is 4.00. The van der Waals surface area contributed by atoms with Gasteiger partial charge in [-0.3, -0.25) is 0 Å². The normalized spacial score (nSPS) is 23.3. The molecule has 0 bridgehead atoms. The summed E-state index contributed by atoms with van der Waals surface area (Å²) in [4.78, 5) is 0. The maximum absolute atomic E-state index is 5.91. The van der Waals surface area contributed by atoms with Crippen LogP contribution in [0.4, 0.5) is 11.4 Å². The van der Waals surface area contributed by atoms with Crippen LogP contribution in [-0.4, -0.2) is 6.04 Å². The van der Waals surface area contributed by atoms with Crippen molar-refractivity contribution in [2.24, 2.45) is 5.41 Å². The fourth-order valence-corrected chi connectivity index (χ4v) is 2.53. The van der Waals surface area contributed by atoms with Gasteiger partial charge in [0.05, 0.1) is 0 Å². The van der Waals surface area contributed by atoms with E-state index >= 15 is 0 Å². The Hall–Kier alpha value is -1.18. The lowest BCUT2D eigenvalue weighted by Gasteiger charge is -2.19. The highest BCUT2D eigenvalue weighted by molar-refractivity contribution is 5.58. The van der Waals surface area contributed by atoms with E-state index in [1.807, 2.05) is 13.0 Å². The first-order chi connectivity index (χ1) is 7.46. The number of hydrogen-bond acceptors (Lipinski definition) is 2. The summed E-state index contributed by atoms with van der Waals surface area (Å²) < 4.78 is 0. The van der Waals surface area contributed by atoms with Crippen molar-refractivity contribution < 1.29 is 0 Å². The zero-order valence-corrected chi connectivity index (χ0v) is 10.5. The largest absolute Gasteiger partial charge is 0.398 e. The number of nitrogens with one attached hydrogen (secondary N) is 1. The highest BCUT2D eigenvalue weighted by atomic mass is 14.9. The third-order valence-corrected chi connectivity index (χ3v) is 3.62. The van der Waals surface area contributed by atoms with Crippen molar-refractivity contribution in [3.63, 3.8) is 0 Å². The molecule has 0 radical (unpaired) electrons. The molecule has 3 N–H and O–H groups in total. The molecule has 0 spiro atoms. The second-order valence-corrected chi connectivity index (χ2v) is 5.82. The summed E-state index contributed by atoms with van der Waals surface area (Å²) in [5.74, 6) is 0. The summed E-state index contributed by atoms with van der Waals surface area (Å²) in [6, 6.07) is 6.85. The fourth-order valence-electron chi connectivity index (χ4n) is 2.53. The van der Waals surface area contributed by atoms with Gasteiger partial charge in [0, 0.05) is 17.4 Å². The van der Waals surface area contributed by atoms with Crippen molar-refractivity contribution in [2.75, 3.05) is 11.1 Å². The monoisotopic (exact) mass is 218 g/mol. The van der Waals surface area contributed by atoms with Crippen LogP contribution in [0.1, 0.15) is 38.7 Å². The Morgan fingerprint density at radius 1 is 1.38 bits per heavy atom. The van der Waals surface area contributed by atoms with E-state index in [-0.39, 0.29) is 0 Å². The molecule has 1 atom stereocenters. The van der Waals surface area contributed by atoms with Crippen LogP contribution in [0, 0.1) is 12.3 Å². The Kier molecular flexibility index (Phi) is 2.83. The van der Waals surface area contributed by atoms with Crippen LogP contribution in [0.25, 0.3) is 0 Å². The van der Waals surface area contributed by atoms with E-state index in [1.165, 1.54) is 19.3 Å². The molecule has 2 heteroatoms. The van der Waals surface area contributed by atoms with Gasteiger partial charge < -0.3 is 11.1 Å². The maximum atomic E-state index is 5.91. The van der Waals surface area contributed by atoms with E-state index < -0.39 is 0 Å². The molecule has 1 unspecified atom stereocenters. The smallest absolute Gasteiger partial charge is 0.0364 e. The molecular weight excluding hydrogens is 196 g/mol. The number of nitrogen functional groups attached to an aromatic ring is 1. The quantitative estimate of drug-likeness (QED) is 0.745. The van der Waals surface area contributed by atoms with Gasteiger partial charge in [-0.15, -0.1) is 0 Å². The predicted octanol–water partition coefficient (Wildman–Crippen LogP) is 3.57. The first-order valence-electron chi connectivity index (χ1n) is 6.09. The van der Waals surface area contributed by atoms with Gasteiger partial charge in [-0.2, -0.15) is 0 Å². The molecule has 16 heavy (non-hydrogen) atoms. The molecule has 0 aliphatic heterocycles. The number of anilines is 2. The number of benzene rings is 1. The lowest BCUT2D eigenvalue weighted by Crippen LogP contribution is -2.17. The van der Waals surface area contributed by atoms with E-state index in [0.29, 0.717) is 11.5 Å². The Bertz CT molecular complexity index is 382. The molecule has 0 amide bonds. The first kappa shape index (κ1) is 11.3. The molecule has 0 saturated heterocycles. The second-order valence-electron chi connectivity index (χ2n) is 5.82. The maximum Gasteiger partial charge on any atom is 0.0364 e. The standard InChI is InChI=1S/C14H22N2/c1-10-4-5-11(8-13(10)15)16-12-6-7-14(2,3)9-12/h4-5,8,12,16H,6-7,9,15H2,1-3H3. The minimum absolute atomic E-state index is 0.494. The topological polar surface area (TPSA) is 38.0 Å². The van der Waals surface area contributed by atoms with Crippen molar-refractivity contribution in [1.82, 2.24) is 0 Å². The van der Waals surface area contributed by atoms with Gasteiger partial charge in [0.1, 0.15) is 0 Å². The van der Waals surface area contributed by atoms with E-state index in [4.69, 9.17) is 5.73 Å². The predicted molar refractivity (Wildman–Crippen MR) is 70.6 cm³/mol. The van der Waals surface area contributed by atoms with Gasteiger partial charge in [0.15, 0.2) is 0 Å². The molecule has 1 aliphatic rings. The zero-order valence-electron chi connectivity index (χ0n) is 10.5. The van der Waals surface area contributed by atoms with E-state index in [9.17, 15) is 0 Å². The summed E-state index contributed by atoms with van der Waals surface area (Å²) in [7, 11) is 0. The molecular formula is C14H22N2. The van der Waals surface area contributed by atoms with Gasteiger partial charge in [0.2, 0.25) is 0 Å². The number of rotatable bonds is 2. The molecule has 1 aliphatic carbocycles. The molecule has 1 aromatic carbocycles. The minimum atomic E-state index is 0.494. The highest BCUT2D eigenvalue weighted by Gasteiger charge is 2.30. The third kappa shape index (κ3) is 2.49. The first-order valence-corrected chi connectivity index (χ1v) is 6.09. The average molecular weight is 218 g/mol. The molecule has 2 nitrogen and oxygen atoms in total. The number of aryl methyl sites for hydroxylation is 1. The van der Waals surface area contributed by atoms with Crippen LogP contribution in [0.3, 0.4) is 0 Å². The van der Waals surface area contributed by atoms with Crippen molar-refractivity contribution >= 4 is 11.4 Å². The molecule has 0 aromatic heterocycles. The molecule has 0 heterocycles. The minimum Gasteiger partial charge on any atom is -0.398 e. The van der Waals surface area contributed by atoms with Crippen molar-refractivity contribution in [3.8, 4) is 0 Å². The SMILES string of the molecule is Cc1ccc(NC2CCC(C)(C)C2)cc1N. The van der Waals surface area contributed by atoms with Gasteiger partial charge in [0.25, 0.3) is 0 Å². The van der Waals surface area contributed by atoms with Crippen molar-refractivity contribution in [1.29, 1.82) is 0 Å². The van der Waals surface area contributed by atoms with Crippen LogP contribution in [0.15, 0.2) is 18.2 Å². The lowest BCUT2D eigenvalue weighted by molar-refractivity contribution is 0.378. The van der Waals surface area contributed by atoms with Crippen LogP contribution in [0.2, 0.25) is 0 Å². The highest BCUT2D eigenvalue weighted by Crippen LogP contribution is 2.38. The van der Waals surface area contributed by atoms with Crippen LogP contribution in [-0.2, 0) is 0 Å². The molecule has 1 aromatic rings. The fraction of sp³-hybridized carbons (Fsp3) is 0.571. The lowest BCUT2D eigenvalue weighted by atomic mass is 9.92. The van der Waals surface area contributed by atoms with Crippen LogP contribution in [0.5, 0.6) is 0 Å². The van der Waals surface area contributed by atoms with Gasteiger partial charge in [-0.1, -0.05) is 19.9 Å². The van der Waals surface area contributed by atoms with Crippen molar-refractivity contribution in [2.45, 2.75) is 46.1 Å². The van der Waals surface area contributed by atoms with Gasteiger partial charge in [-0.25, -0.2) is 0 Å². The van der Waals surface area contributed by atoms with E-state index in [1.54, 1.807) is 0 Å². The Balaban J connectivity index is 2.02. The number of hydrogen-bond donors (Lipinski definition) is 2. The van der Waals surface area contributed by atoms with Crippen molar-refractivity contribution in [3.05, 3.63) is 23.8 Å². The molecule has 1 saturated carbocycles. The molecule has 88 valence electrons. The molecule has 1 fully saturated rings. The Labute approximate surface area is 98.2 Å². The van der Waals surface area contributed by atoms with E-state index in [0.717, 1.165) is 16.9 Å². The van der Waals surface area contributed by atoms with Crippen LogP contribution < -0.4 is 11.1 Å². The summed E-state index contributed by atoms with van der Waals surface area (Å²) in [6.45, 7) is 6.73. The Morgan fingerprint density at radius 2 is 2.12 bits per heavy atom. The Morgan fingerprint density at radius 3 is 2.69 bits per heavy atom. The van der Waals surface area contributed by atoms with Gasteiger partial charge in [-0.05, 0) is 49.3 Å². The summed E-state index contributed by atoms with van der Waals surface area (Å²) in [5.41, 5.74) is 9.59. The third-order valence-electron chi connectivity index (χ3n) is 3.62. The summed E-state index contributed by atoms with van der Waals surface area (Å²) in [5, 5.41) is 3.58. The summed E-state index contributed by atoms with van der Waals surface area (Å²) >= 11 is 0. The summed E-state index contributed by atoms with van der Waals surface area (Å²) in [6.07, 6.45) is 3.83. The zero-order chi connectivity index (χ0) is 11.8. The average Bonchev–Trinajstić information content (AvgIpc) is 2.52.